The van der Waals surface area contributed by atoms with E-state index in [4.69, 9.17) is 0 Å². The van der Waals surface area contributed by atoms with Crippen molar-refractivity contribution < 1.29 is 24.0 Å². The Kier molecular flexibility index (Phi) is 7.34. The van der Waals surface area contributed by atoms with Crippen LogP contribution in [-0.4, -0.2) is 10.9 Å². The van der Waals surface area contributed by atoms with Crippen molar-refractivity contribution in [3.8, 4) is 0 Å². The van der Waals surface area contributed by atoms with E-state index in [1.807, 2.05) is 67.6 Å². The van der Waals surface area contributed by atoms with Crippen molar-refractivity contribution in [2.24, 2.45) is 0 Å². The molecule has 0 unspecified atom stereocenters. The smallest absolute Gasteiger partial charge is 0.874 e. The average molecular weight is 323 g/mol. The first-order valence-corrected chi connectivity index (χ1v) is 8.32. The number of hydrogen-bond acceptors (Lipinski definition) is 2. The Labute approximate surface area is 162 Å². The Bertz CT molecular complexity index is 695. The molecule has 1 atom stereocenters. The summed E-state index contributed by atoms with van der Waals surface area (Å²) in [7, 11) is 0. The van der Waals surface area contributed by atoms with Gasteiger partial charge >= 0.3 is 18.9 Å². The van der Waals surface area contributed by atoms with E-state index in [0.717, 1.165) is 18.7 Å². The molecule has 2 nitrogen and oxygen atoms in total. The second-order valence-corrected chi connectivity index (χ2v) is 6.09. The van der Waals surface area contributed by atoms with Crippen molar-refractivity contribution in [2.75, 3.05) is 0 Å². The molecule has 3 heteroatoms. The van der Waals surface area contributed by atoms with E-state index >= 15 is 0 Å². The molecule has 1 aliphatic carbocycles. The van der Waals surface area contributed by atoms with Crippen LogP contribution in [0.3, 0.4) is 0 Å². The maximum atomic E-state index is 12.8. The molecule has 2 aromatic carbocycles. The van der Waals surface area contributed by atoms with Gasteiger partial charge in [-0.05, 0) is 23.6 Å². The van der Waals surface area contributed by atoms with Gasteiger partial charge in [-0.25, -0.2) is 0 Å². The summed E-state index contributed by atoms with van der Waals surface area (Å²) in [5.74, 6) is 0.173. The van der Waals surface area contributed by atoms with Crippen LogP contribution in [0, 0.1) is 0 Å². The minimum absolute atomic E-state index is 0. The Hall–Kier alpha value is -1.98. The molecule has 0 aromatic heterocycles. The van der Waals surface area contributed by atoms with Crippen LogP contribution in [0.5, 0.6) is 0 Å². The van der Waals surface area contributed by atoms with Crippen molar-refractivity contribution in [1.29, 1.82) is 0 Å². The van der Waals surface area contributed by atoms with Gasteiger partial charge in [-0.3, -0.25) is 4.90 Å². The van der Waals surface area contributed by atoms with E-state index in [1.54, 1.807) is 0 Å². The van der Waals surface area contributed by atoms with Crippen LogP contribution in [0.4, 0.5) is 0 Å². The zero-order chi connectivity index (χ0) is 16.8. The fourth-order valence-electron chi connectivity index (χ4n) is 2.91. The molecule has 0 saturated carbocycles. The zero-order valence-corrected chi connectivity index (χ0v) is 14.9. The third-order valence-electron chi connectivity index (χ3n) is 4.33. The Balaban J connectivity index is 0.00000225. The monoisotopic (exact) mass is 323 g/mol. The second-order valence-electron chi connectivity index (χ2n) is 6.09. The van der Waals surface area contributed by atoms with Gasteiger partial charge in [0, 0.05) is 19.1 Å². The largest absolute Gasteiger partial charge is 1.00 e. The fourth-order valence-corrected chi connectivity index (χ4v) is 2.91. The number of allylic oxidation sites excluding steroid dienone is 5. The third-order valence-corrected chi connectivity index (χ3v) is 4.33. The molecule has 1 aliphatic rings. The predicted molar refractivity (Wildman–Crippen MR) is 96.9 cm³/mol. The van der Waals surface area contributed by atoms with E-state index < -0.39 is 0 Å². The number of benzene rings is 2. The van der Waals surface area contributed by atoms with Crippen molar-refractivity contribution >= 4 is 0 Å². The van der Waals surface area contributed by atoms with Gasteiger partial charge in [0.15, 0.2) is 0 Å². The molecule has 25 heavy (non-hydrogen) atoms. The van der Waals surface area contributed by atoms with Crippen molar-refractivity contribution in [3.05, 3.63) is 107 Å². The van der Waals surface area contributed by atoms with Crippen LogP contribution in [0.2, 0.25) is 0 Å². The van der Waals surface area contributed by atoms with Crippen LogP contribution < -0.4 is 24.0 Å². The normalized spacial score (nSPS) is 13.8. The molecule has 3 rings (SSSR count). The Morgan fingerprint density at radius 3 is 1.72 bits per heavy atom. The molecule has 0 radical (unpaired) electrons. The first kappa shape index (κ1) is 19.3. The van der Waals surface area contributed by atoms with Gasteiger partial charge in [-0.2, -0.15) is 0 Å². The van der Waals surface area contributed by atoms with Crippen molar-refractivity contribution in [3.63, 3.8) is 0 Å². The number of hydrogen-bond donors (Lipinski definition) is 0. The molecule has 0 heterocycles. The topological polar surface area (TPSA) is 26.3 Å². The van der Waals surface area contributed by atoms with E-state index in [2.05, 4.69) is 29.2 Å². The molecule has 0 fully saturated rings. The average Bonchev–Trinajstić information content (AvgIpc) is 3.16. The summed E-state index contributed by atoms with van der Waals surface area (Å²) in [5.41, 5.74) is 3.22. The minimum atomic E-state index is -0.173. The van der Waals surface area contributed by atoms with E-state index in [9.17, 15) is 5.11 Å². The summed E-state index contributed by atoms with van der Waals surface area (Å²) >= 11 is 0. The van der Waals surface area contributed by atoms with E-state index in [-0.39, 0.29) is 30.7 Å². The zero-order valence-electron chi connectivity index (χ0n) is 14.9. The quantitative estimate of drug-likeness (QED) is 0.581. The molecule has 2 aromatic rings. The van der Waals surface area contributed by atoms with Crippen LogP contribution in [-0.2, 0) is 13.1 Å². The van der Waals surface area contributed by atoms with Gasteiger partial charge < -0.3 is 5.11 Å². The van der Waals surface area contributed by atoms with Crippen LogP contribution in [0.25, 0.3) is 0 Å². The minimum Gasteiger partial charge on any atom is -0.874 e. The molecular weight excluding hydrogens is 301 g/mol. The van der Waals surface area contributed by atoms with Gasteiger partial charge in [0.2, 0.25) is 0 Å². The van der Waals surface area contributed by atoms with Gasteiger partial charge in [0.05, 0.1) is 0 Å². The third kappa shape index (κ3) is 5.24. The standard InChI is InChI=1S/C22H23NO.Li/c1-18(22(24)21-14-8-9-15-21)23(16-19-10-4-2-5-11-19)17-20-12-6-3-7-13-20;/h2-15,18,24H,16-17H2,1H3;/q;+1/p-1/t18-;/m0./s1. The first-order chi connectivity index (χ1) is 11.7. The summed E-state index contributed by atoms with van der Waals surface area (Å²) in [5, 5.41) is 12.8. The molecule has 0 saturated heterocycles. The van der Waals surface area contributed by atoms with E-state index in [0.29, 0.717) is 0 Å². The predicted octanol–water partition coefficient (Wildman–Crippen LogP) is 0.822. The maximum absolute atomic E-state index is 12.8. The number of nitrogens with zero attached hydrogens (tertiary/aromatic N) is 1. The van der Waals surface area contributed by atoms with Crippen LogP contribution >= 0.6 is 0 Å². The van der Waals surface area contributed by atoms with Crippen molar-refractivity contribution in [2.45, 2.75) is 26.1 Å². The summed E-state index contributed by atoms with van der Waals surface area (Å²) in [6.45, 7) is 3.51. The fraction of sp³-hybridized carbons (Fsp3) is 0.182. The van der Waals surface area contributed by atoms with Gasteiger partial charge in [-0.15, -0.1) is 5.76 Å². The number of rotatable bonds is 6. The molecular formula is C22H22LiNO. The molecule has 0 bridgehead atoms. The second kappa shape index (κ2) is 9.49. The summed E-state index contributed by atoms with van der Waals surface area (Å²) in [6.07, 6.45) is 7.61. The van der Waals surface area contributed by atoms with Crippen LogP contribution in [0.15, 0.2) is 96.3 Å². The Morgan fingerprint density at radius 2 is 1.28 bits per heavy atom. The maximum Gasteiger partial charge on any atom is 1.00 e. The molecule has 0 amide bonds. The van der Waals surface area contributed by atoms with Gasteiger partial charge in [-0.1, -0.05) is 85.0 Å². The molecule has 122 valence electrons. The molecule has 0 aliphatic heterocycles. The summed E-state index contributed by atoms with van der Waals surface area (Å²) in [6, 6.07) is 20.5. The van der Waals surface area contributed by atoms with Gasteiger partial charge in [0.1, 0.15) is 0 Å². The first-order valence-electron chi connectivity index (χ1n) is 8.32. The Morgan fingerprint density at radius 1 is 0.840 bits per heavy atom. The van der Waals surface area contributed by atoms with Crippen molar-refractivity contribution in [1.82, 2.24) is 4.90 Å². The van der Waals surface area contributed by atoms with E-state index in [1.165, 1.54) is 11.1 Å². The van der Waals surface area contributed by atoms with Gasteiger partial charge in [0.25, 0.3) is 0 Å². The van der Waals surface area contributed by atoms with Crippen LogP contribution in [0.1, 0.15) is 18.1 Å². The summed E-state index contributed by atoms with van der Waals surface area (Å²) < 4.78 is 0. The molecule has 0 spiro atoms. The SMILES string of the molecule is C[C@@H](C([O-])=C1C=CC=C1)N(Cc1ccccc1)Cc1ccccc1.[Li+]. The summed E-state index contributed by atoms with van der Waals surface area (Å²) in [4.78, 5) is 2.24. The molecule has 0 N–H and O–H groups in total.